The highest BCUT2D eigenvalue weighted by atomic mass is 35.5. The van der Waals surface area contributed by atoms with Crippen molar-refractivity contribution in [3.05, 3.63) is 36.0 Å². The number of aromatic nitrogens is 1. The third-order valence-corrected chi connectivity index (χ3v) is 4.73. The lowest BCUT2D eigenvalue weighted by molar-refractivity contribution is 0.203. The van der Waals surface area contributed by atoms with Crippen molar-refractivity contribution in [1.29, 1.82) is 0 Å². The summed E-state index contributed by atoms with van der Waals surface area (Å²) < 4.78 is 0. The van der Waals surface area contributed by atoms with E-state index in [-0.39, 0.29) is 12.4 Å². The van der Waals surface area contributed by atoms with Crippen LogP contribution in [0.1, 0.15) is 30.7 Å². The minimum atomic E-state index is 0. The van der Waals surface area contributed by atoms with Crippen LogP contribution in [0.25, 0.3) is 10.9 Å². The minimum absolute atomic E-state index is 0. The summed E-state index contributed by atoms with van der Waals surface area (Å²) in [7, 11) is 4.31. The Morgan fingerprint density at radius 2 is 1.91 bits per heavy atom. The van der Waals surface area contributed by atoms with E-state index in [4.69, 9.17) is 0 Å². The topological polar surface area (TPSA) is 22.3 Å². The number of benzene rings is 1. The van der Waals surface area contributed by atoms with Gasteiger partial charge in [0, 0.05) is 17.1 Å². The lowest BCUT2D eigenvalue weighted by Gasteiger charge is -2.32. The first-order valence-corrected chi connectivity index (χ1v) is 8.17. The van der Waals surface area contributed by atoms with Gasteiger partial charge in [-0.25, -0.2) is 0 Å². The Bertz CT molecular complexity index is 570. The second-order valence-electron chi connectivity index (χ2n) is 6.56. The number of hydrogen-bond donors (Lipinski definition) is 1. The van der Waals surface area contributed by atoms with Crippen LogP contribution in [0.15, 0.2) is 30.5 Å². The molecule has 3 nitrogen and oxygen atoms in total. The number of piperidine rings is 1. The van der Waals surface area contributed by atoms with Crippen LogP contribution in [-0.2, 0) is 0 Å². The van der Waals surface area contributed by atoms with E-state index in [0.29, 0.717) is 0 Å². The molecule has 1 fully saturated rings. The van der Waals surface area contributed by atoms with Crippen molar-refractivity contribution in [1.82, 2.24) is 14.8 Å². The molecule has 1 aliphatic rings. The zero-order valence-electron chi connectivity index (χ0n) is 13.7. The second-order valence-corrected chi connectivity index (χ2v) is 6.56. The fourth-order valence-electron chi connectivity index (χ4n) is 3.51. The van der Waals surface area contributed by atoms with Crippen LogP contribution in [0.5, 0.6) is 0 Å². The van der Waals surface area contributed by atoms with E-state index >= 15 is 0 Å². The molecular weight excluding hydrogens is 294 g/mol. The van der Waals surface area contributed by atoms with Crippen LogP contribution in [-0.4, -0.2) is 55.1 Å². The number of nitrogens with one attached hydrogen (secondary N) is 1. The van der Waals surface area contributed by atoms with Crippen molar-refractivity contribution in [2.45, 2.75) is 25.2 Å². The van der Waals surface area contributed by atoms with Gasteiger partial charge in [-0.2, -0.15) is 0 Å². The van der Waals surface area contributed by atoms with Crippen molar-refractivity contribution >= 4 is 23.3 Å². The number of likely N-dealkylation sites (tertiary alicyclic amines) is 1. The Balaban J connectivity index is 0.00000176. The van der Waals surface area contributed by atoms with E-state index < -0.39 is 0 Å². The lowest BCUT2D eigenvalue weighted by Crippen LogP contribution is -2.34. The number of rotatable bonds is 5. The highest BCUT2D eigenvalue weighted by Gasteiger charge is 2.22. The first-order chi connectivity index (χ1) is 10.2. The Kier molecular flexibility index (Phi) is 6.30. The molecule has 4 heteroatoms. The Labute approximate surface area is 140 Å². The third kappa shape index (κ3) is 4.03. The molecule has 2 heterocycles. The molecule has 0 aliphatic carbocycles. The third-order valence-electron chi connectivity index (χ3n) is 4.73. The van der Waals surface area contributed by atoms with E-state index in [2.05, 4.69) is 59.3 Å². The molecule has 0 atom stereocenters. The van der Waals surface area contributed by atoms with Crippen LogP contribution in [0.3, 0.4) is 0 Å². The Morgan fingerprint density at radius 1 is 1.18 bits per heavy atom. The lowest BCUT2D eigenvalue weighted by atomic mass is 9.89. The summed E-state index contributed by atoms with van der Waals surface area (Å²) in [6.07, 6.45) is 6.11. The molecule has 22 heavy (non-hydrogen) atoms. The van der Waals surface area contributed by atoms with Gasteiger partial charge in [0.15, 0.2) is 0 Å². The zero-order chi connectivity index (χ0) is 14.7. The van der Waals surface area contributed by atoms with Gasteiger partial charge in [-0.15, -0.1) is 12.4 Å². The summed E-state index contributed by atoms with van der Waals surface area (Å²) in [6, 6.07) is 8.69. The van der Waals surface area contributed by atoms with E-state index in [0.717, 1.165) is 5.92 Å². The molecule has 1 aromatic heterocycles. The fraction of sp³-hybridized carbons (Fsp3) is 0.556. The zero-order valence-corrected chi connectivity index (χ0v) is 14.5. The average Bonchev–Trinajstić information content (AvgIpc) is 2.92. The normalized spacial score (nSPS) is 17.0. The smallest absolute Gasteiger partial charge is 0.0456 e. The van der Waals surface area contributed by atoms with Gasteiger partial charge in [0.2, 0.25) is 0 Å². The molecule has 1 saturated heterocycles. The van der Waals surface area contributed by atoms with Crippen LogP contribution in [0, 0.1) is 0 Å². The molecule has 0 bridgehead atoms. The molecule has 1 aromatic carbocycles. The molecule has 0 saturated carbocycles. The van der Waals surface area contributed by atoms with E-state index in [9.17, 15) is 0 Å². The van der Waals surface area contributed by atoms with Gasteiger partial charge in [0.25, 0.3) is 0 Å². The van der Waals surface area contributed by atoms with Gasteiger partial charge >= 0.3 is 0 Å². The second kappa shape index (κ2) is 8.00. The number of nitrogens with zero attached hydrogens (tertiary/aromatic N) is 2. The van der Waals surface area contributed by atoms with Gasteiger partial charge in [-0.1, -0.05) is 18.2 Å². The molecule has 0 unspecified atom stereocenters. The average molecular weight is 322 g/mol. The number of H-pyrrole nitrogens is 1. The molecular formula is C18H28ClN3. The van der Waals surface area contributed by atoms with Crippen molar-refractivity contribution in [3.63, 3.8) is 0 Å². The van der Waals surface area contributed by atoms with E-state index in [1.54, 1.807) is 0 Å². The summed E-state index contributed by atoms with van der Waals surface area (Å²) >= 11 is 0. The molecule has 0 radical (unpaired) electrons. The maximum absolute atomic E-state index is 3.42. The van der Waals surface area contributed by atoms with Crippen molar-refractivity contribution in [2.75, 3.05) is 40.3 Å². The highest BCUT2D eigenvalue weighted by Crippen LogP contribution is 2.32. The SMILES string of the molecule is CN(C)CCCN1CCC(c2c[nH]c3ccccc23)CC1.Cl. The molecule has 3 rings (SSSR count). The van der Waals surface area contributed by atoms with Gasteiger partial charge < -0.3 is 14.8 Å². The maximum Gasteiger partial charge on any atom is 0.0456 e. The van der Waals surface area contributed by atoms with Gasteiger partial charge in [-0.3, -0.25) is 0 Å². The summed E-state index contributed by atoms with van der Waals surface area (Å²) in [6.45, 7) is 4.94. The molecule has 1 aliphatic heterocycles. The summed E-state index contributed by atoms with van der Waals surface area (Å²) in [4.78, 5) is 8.33. The van der Waals surface area contributed by atoms with Crippen LogP contribution >= 0.6 is 12.4 Å². The van der Waals surface area contributed by atoms with Crippen LogP contribution < -0.4 is 0 Å². The minimum Gasteiger partial charge on any atom is -0.361 e. The standard InChI is InChI=1S/C18H27N3.ClH/c1-20(2)10-5-11-21-12-8-15(9-13-21)17-14-19-18-7-4-3-6-16(17)18;/h3-4,6-7,14-15,19H,5,8-13H2,1-2H3;1H. The predicted octanol–water partition coefficient (Wildman–Crippen LogP) is 3.72. The number of fused-ring (bicyclic) bond motifs is 1. The number of hydrogen-bond acceptors (Lipinski definition) is 2. The number of para-hydroxylation sites is 1. The molecule has 0 spiro atoms. The first-order valence-electron chi connectivity index (χ1n) is 8.17. The number of halogens is 1. The van der Waals surface area contributed by atoms with Crippen LogP contribution in [0.2, 0.25) is 0 Å². The molecule has 2 aromatic rings. The van der Waals surface area contributed by atoms with Crippen molar-refractivity contribution in [2.24, 2.45) is 0 Å². The predicted molar refractivity (Wildman–Crippen MR) is 97.1 cm³/mol. The van der Waals surface area contributed by atoms with Crippen molar-refractivity contribution in [3.8, 4) is 0 Å². The van der Waals surface area contributed by atoms with Gasteiger partial charge in [0.05, 0.1) is 0 Å². The largest absolute Gasteiger partial charge is 0.361 e. The number of aromatic amines is 1. The fourth-order valence-corrected chi connectivity index (χ4v) is 3.51. The Hall–Kier alpha value is -1.03. The maximum atomic E-state index is 3.42. The van der Waals surface area contributed by atoms with Gasteiger partial charge in [-0.05, 0) is 77.1 Å². The Morgan fingerprint density at radius 3 is 2.64 bits per heavy atom. The molecule has 122 valence electrons. The van der Waals surface area contributed by atoms with Gasteiger partial charge in [0.1, 0.15) is 0 Å². The van der Waals surface area contributed by atoms with Crippen LogP contribution in [0.4, 0.5) is 0 Å². The summed E-state index contributed by atoms with van der Waals surface area (Å²) in [5.74, 6) is 0.728. The molecule has 1 N–H and O–H groups in total. The highest BCUT2D eigenvalue weighted by molar-refractivity contribution is 5.85. The van der Waals surface area contributed by atoms with E-state index in [1.807, 2.05) is 0 Å². The monoisotopic (exact) mass is 321 g/mol. The van der Waals surface area contributed by atoms with E-state index in [1.165, 1.54) is 61.9 Å². The summed E-state index contributed by atoms with van der Waals surface area (Å²) in [5, 5.41) is 1.42. The summed E-state index contributed by atoms with van der Waals surface area (Å²) in [5.41, 5.74) is 2.81. The first kappa shape index (κ1) is 17.3. The van der Waals surface area contributed by atoms with Crippen molar-refractivity contribution < 1.29 is 0 Å². The molecule has 0 amide bonds. The quantitative estimate of drug-likeness (QED) is 0.906.